The second kappa shape index (κ2) is 2.73. The Morgan fingerprint density at radius 1 is 1.62 bits per heavy atom. The highest BCUT2D eigenvalue weighted by Gasteiger charge is 2.36. The minimum Gasteiger partial charge on any atom is -0.401 e. The second-order valence-electron chi connectivity index (χ2n) is 3.30. The lowest BCUT2D eigenvalue weighted by atomic mass is 9.96. The molecule has 2 N–H and O–H groups in total. The van der Waals surface area contributed by atoms with Crippen LogP contribution in [0.5, 0.6) is 0 Å². The summed E-state index contributed by atoms with van der Waals surface area (Å²) in [5.41, 5.74) is 7.59. The average molecular weight is 199 g/mol. The van der Waals surface area contributed by atoms with Crippen LogP contribution >= 0.6 is 11.6 Å². The molecule has 0 radical (unpaired) electrons. The van der Waals surface area contributed by atoms with Gasteiger partial charge in [0.05, 0.1) is 5.92 Å². The predicted octanol–water partition coefficient (Wildman–Crippen LogP) is 0.744. The van der Waals surface area contributed by atoms with E-state index in [2.05, 4.69) is 10.1 Å². The summed E-state index contributed by atoms with van der Waals surface area (Å²) in [4.78, 5) is 4.26. The van der Waals surface area contributed by atoms with Gasteiger partial charge in [0.25, 0.3) is 0 Å². The van der Waals surface area contributed by atoms with Crippen molar-refractivity contribution in [3.05, 3.63) is 11.8 Å². The topological polar surface area (TPSA) is 54.0 Å². The smallest absolute Gasteiger partial charge is 0.151 e. The summed E-state index contributed by atoms with van der Waals surface area (Å²) in [5.74, 6) is 0.104. The number of aliphatic imine (C=N–C) groups is 1. The van der Waals surface area contributed by atoms with Crippen LogP contribution in [0.4, 0.5) is 0 Å². The first-order valence-electron chi connectivity index (χ1n) is 4.08. The molecule has 2 unspecified atom stereocenters. The fraction of sp³-hybridized carbons (Fsp3) is 0.500. The Balaban J connectivity index is 2.39. The van der Waals surface area contributed by atoms with Crippen LogP contribution in [-0.4, -0.2) is 29.1 Å². The standard InChI is InChI=1S/C8H11ClN4/c1-4-7-5(10)3-6(9)11-8(7)13(2)12-4/h3,7-8H,10H2,1-2H3. The molecule has 2 aliphatic heterocycles. The van der Waals surface area contributed by atoms with Crippen LogP contribution in [0.2, 0.25) is 0 Å². The minimum atomic E-state index is -0.0440. The van der Waals surface area contributed by atoms with Crippen molar-refractivity contribution in [2.24, 2.45) is 21.7 Å². The predicted molar refractivity (Wildman–Crippen MR) is 53.7 cm³/mol. The maximum Gasteiger partial charge on any atom is 0.151 e. The normalized spacial score (nSPS) is 32.2. The molecule has 2 rings (SSSR count). The van der Waals surface area contributed by atoms with Gasteiger partial charge in [-0.15, -0.1) is 0 Å². The molecule has 0 aromatic heterocycles. The van der Waals surface area contributed by atoms with E-state index in [-0.39, 0.29) is 12.1 Å². The molecule has 13 heavy (non-hydrogen) atoms. The van der Waals surface area contributed by atoms with Gasteiger partial charge in [0.2, 0.25) is 0 Å². The van der Waals surface area contributed by atoms with Crippen molar-refractivity contribution < 1.29 is 0 Å². The van der Waals surface area contributed by atoms with Crippen LogP contribution in [-0.2, 0) is 0 Å². The third-order valence-corrected chi connectivity index (χ3v) is 2.55. The molecule has 0 fully saturated rings. The number of hydrogen-bond donors (Lipinski definition) is 1. The van der Waals surface area contributed by atoms with Gasteiger partial charge in [-0.3, -0.25) is 5.01 Å². The van der Waals surface area contributed by atoms with Gasteiger partial charge in [-0.05, 0) is 13.0 Å². The zero-order chi connectivity index (χ0) is 9.59. The second-order valence-corrected chi connectivity index (χ2v) is 3.69. The molecule has 0 saturated heterocycles. The molecule has 0 aromatic carbocycles. The van der Waals surface area contributed by atoms with E-state index in [0.29, 0.717) is 5.17 Å². The largest absolute Gasteiger partial charge is 0.401 e. The van der Waals surface area contributed by atoms with Gasteiger partial charge in [0.1, 0.15) is 5.17 Å². The number of hydrazone groups is 1. The molecule has 0 aliphatic carbocycles. The molecule has 2 heterocycles. The van der Waals surface area contributed by atoms with Crippen molar-refractivity contribution in [2.75, 3.05) is 7.05 Å². The van der Waals surface area contributed by atoms with E-state index in [9.17, 15) is 0 Å². The van der Waals surface area contributed by atoms with E-state index in [4.69, 9.17) is 17.3 Å². The van der Waals surface area contributed by atoms with E-state index in [1.165, 1.54) is 0 Å². The summed E-state index contributed by atoms with van der Waals surface area (Å²) in [6.07, 6.45) is 1.65. The molecule has 0 saturated carbocycles. The SMILES string of the molecule is CC1=NN(C)C2N=C(Cl)C=C(N)C12. The number of allylic oxidation sites excluding steroid dienone is 1. The summed E-state index contributed by atoms with van der Waals surface area (Å²) in [5, 5.41) is 6.53. The molecule has 2 aliphatic rings. The summed E-state index contributed by atoms with van der Waals surface area (Å²) in [6, 6.07) is 0. The third kappa shape index (κ3) is 1.21. The van der Waals surface area contributed by atoms with Crippen molar-refractivity contribution in [1.29, 1.82) is 0 Å². The van der Waals surface area contributed by atoms with Gasteiger partial charge in [-0.25, -0.2) is 4.99 Å². The Morgan fingerprint density at radius 3 is 3.00 bits per heavy atom. The molecule has 4 nitrogen and oxygen atoms in total. The Hall–Kier alpha value is -1.03. The maximum absolute atomic E-state index is 5.85. The number of dihydropyridines is 1. The van der Waals surface area contributed by atoms with Crippen LogP contribution in [0.25, 0.3) is 0 Å². The first kappa shape index (κ1) is 8.56. The van der Waals surface area contributed by atoms with E-state index in [0.717, 1.165) is 11.4 Å². The number of rotatable bonds is 0. The summed E-state index contributed by atoms with van der Waals surface area (Å²) < 4.78 is 0. The molecule has 0 aromatic rings. The molecule has 0 bridgehead atoms. The number of nitrogens with two attached hydrogens (primary N) is 1. The van der Waals surface area contributed by atoms with Crippen molar-refractivity contribution in [3.8, 4) is 0 Å². The van der Waals surface area contributed by atoms with Crippen molar-refractivity contribution >= 4 is 22.5 Å². The van der Waals surface area contributed by atoms with Gasteiger partial charge in [-0.2, -0.15) is 5.10 Å². The molecule has 2 atom stereocenters. The molecule has 0 amide bonds. The molecule has 70 valence electrons. The van der Waals surface area contributed by atoms with E-state index in [1.807, 2.05) is 14.0 Å². The Morgan fingerprint density at radius 2 is 2.31 bits per heavy atom. The quantitative estimate of drug-likeness (QED) is 0.625. The zero-order valence-electron chi connectivity index (χ0n) is 7.53. The van der Waals surface area contributed by atoms with Crippen LogP contribution in [0.15, 0.2) is 21.9 Å². The first-order chi connectivity index (χ1) is 6.09. The Labute approximate surface area is 81.8 Å². The number of hydrogen-bond acceptors (Lipinski definition) is 4. The van der Waals surface area contributed by atoms with Gasteiger partial charge >= 0.3 is 0 Å². The summed E-state index contributed by atoms with van der Waals surface area (Å²) >= 11 is 5.81. The number of halogens is 1. The Bertz CT molecular complexity index is 331. The number of nitrogens with zero attached hydrogens (tertiary/aromatic N) is 3. The van der Waals surface area contributed by atoms with Crippen molar-refractivity contribution in [2.45, 2.75) is 13.1 Å². The van der Waals surface area contributed by atoms with Crippen LogP contribution in [0.3, 0.4) is 0 Å². The molecule has 5 heteroatoms. The highest BCUT2D eigenvalue weighted by atomic mass is 35.5. The lowest BCUT2D eigenvalue weighted by molar-refractivity contribution is 0.265. The summed E-state index contributed by atoms with van der Waals surface area (Å²) in [7, 11) is 1.88. The lowest BCUT2D eigenvalue weighted by Gasteiger charge is -2.24. The van der Waals surface area contributed by atoms with Gasteiger partial charge in [0, 0.05) is 18.5 Å². The van der Waals surface area contributed by atoms with E-state index >= 15 is 0 Å². The fourth-order valence-corrected chi connectivity index (χ4v) is 1.99. The van der Waals surface area contributed by atoms with Gasteiger partial charge in [0.15, 0.2) is 6.17 Å². The highest BCUT2D eigenvalue weighted by molar-refractivity contribution is 6.68. The van der Waals surface area contributed by atoms with E-state index < -0.39 is 0 Å². The monoisotopic (exact) mass is 198 g/mol. The van der Waals surface area contributed by atoms with Crippen molar-refractivity contribution in [1.82, 2.24) is 5.01 Å². The first-order valence-corrected chi connectivity index (χ1v) is 4.45. The van der Waals surface area contributed by atoms with Gasteiger partial charge in [-0.1, -0.05) is 11.6 Å². The van der Waals surface area contributed by atoms with Crippen LogP contribution < -0.4 is 5.73 Å². The minimum absolute atomic E-state index is 0.0440. The fourth-order valence-electron chi connectivity index (χ4n) is 1.76. The molecular formula is C8H11ClN4. The highest BCUT2D eigenvalue weighted by Crippen LogP contribution is 2.29. The van der Waals surface area contributed by atoms with Crippen LogP contribution in [0.1, 0.15) is 6.92 Å². The number of fused-ring (bicyclic) bond motifs is 1. The maximum atomic E-state index is 5.85. The van der Waals surface area contributed by atoms with Crippen LogP contribution in [0, 0.1) is 5.92 Å². The molecule has 0 spiro atoms. The van der Waals surface area contributed by atoms with Crippen molar-refractivity contribution in [3.63, 3.8) is 0 Å². The summed E-state index contributed by atoms with van der Waals surface area (Å²) in [6.45, 7) is 1.95. The van der Waals surface area contributed by atoms with E-state index in [1.54, 1.807) is 11.1 Å². The average Bonchev–Trinajstić information content (AvgIpc) is 2.27. The lowest BCUT2D eigenvalue weighted by Crippen LogP contribution is -2.35. The third-order valence-electron chi connectivity index (χ3n) is 2.35. The Kier molecular flexibility index (Phi) is 1.80. The van der Waals surface area contributed by atoms with Gasteiger partial charge < -0.3 is 5.73 Å². The zero-order valence-corrected chi connectivity index (χ0v) is 8.28. The molecular weight excluding hydrogens is 188 g/mol.